The third kappa shape index (κ3) is 5.87. The Balaban J connectivity index is 2.69. The first-order valence-corrected chi connectivity index (χ1v) is 7.03. The summed E-state index contributed by atoms with van der Waals surface area (Å²) in [5.74, 6) is 2.97. The highest BCUT2D eigenvalue weighted by atomic mass is 16.5. The van der Waals surface area contributed by atoms with Crippen molar-refractivity contribution in [3.63, 3.8) is 0 Å². The summed E-state index contributed by atoms with van der Waals surface area (Å²) in [6.45, 7) is 8.89. The minimum Gasteiger partial charge on any atom is -0.385 e. The van der Waals surface area contributed by atoms with Gasteiger partial charge in [-0.15, -0.1) is 0 Å². The van der Waals surface area contributed by atoms with Crippen LogP contribution in [0.15, 0.2) is 6.07 Å². The molecule has 0 saturated carbocycles. The number of hydrogen-bond donors (Lipinski definition) is 2. The zero-order valence-corrected chi connectivity index (χ0v) is 12.5. The maximum absolute atomic E-state index is 5.03. The van der Waals surface area contributed by atoms with Gasteiger partial charge in [0.1, 0.15) is 17.5 Å². The van der Waals surface area contributed by atoms with Gasteiger partial charge >= 0.3 is 0 Å². The highest BCUT2D eigenvalue weighted by Crippen LogP contribution is 2.17. The molecule has 0 radical (unpaired) electrons. The van der Waals surface area contributed by atoms with Crippen molar-refractivity contribution in [2.75, 3.05) is 37.4 Å². The average molecular weight is 266 g/mol. The highest BCUT2D eigenvalue weighted by molar-refractivity contribution is 5.47. The molecule has 5 heteroatoms. The molecule has 0 aromatic carbocycles. The molecular formula is C14H26N4O. The molecule has 19 heavy (non-hydrogen) atoms. The Bertz CT molecular complexity index is 368. The lowest BCUT2D eigenvalue weighted by Gasteiger charge is -2.12. The van der Waals surface area contributed by atoms with Crippen molar-refractivity contribution in [3.05, 3.63) is 11.9 Å². The van der Waals surface area contributed by atoms with E-state index in [9.17, 15) is 0 Å². The monoisotopic (exact) mass is 266 g/mol. The van der Waals surface area contributed by atoms with Gasteiger partial charge < -0.3 is 15.4 Å². The molecule has 1 rings (SSSR count). The van der Waals surface area contributed by atoms with E-state index in [1.54, 1.807) is 7.11 Å². The summed E-state index contributed by atoms with van der Waals surface area (Å²) in [7, 11) is 1.72. The number of nitrogens with zero attached hydrogens (tertiary/aromatic N) is 2. The van der Waals surface area contributed by atoms with E-state index < -0.39 is 0 Å². The van der Waals surface area contributed by atoms with Gasteiger partial charge in [-0.1, -0.05) is 20.8 Å². The third-order valence-corrected chi connectivity index (χ3v) is 2.65. The van der Waals surface area contributed by atoms with Crippen molar-refractivity contribution in [3.8, 4) is 0 Å². The quantitative estimate of drug-likeness (QED) is 0.673. The van der Waals surface area contributed by atoms with Gasteiger partial charge in [0.05, 0.1) is 0 Å². The molecule has 0 aliphatic rings. The summed E-state index contributed by atoms with van der Waals surface area (Å²) in [4.78, 5) is 9.06. The fraction of sp³-hybridized carbons (Fsp3) is 0.714. The van der Waals surface area contributed by atoms with E-state index in [-0.39, 0.29) is 0 Å². The number of ether oxygens (including phenoxy) is 1. The number of methoxy groups -OCH3 is 1. The summed E-state index contributed by atoms with van der Waals surface area (Å²) < 4.78 is 5.03. The predicted octanol–water partition coefficient (Wildman–Crippen LogP) is 2.87. The summed E-state index contributed by atoms with van der Waals surface area (Å²) in [6, 6.07) is 1.97. The molecule has 0 atom stereocenters. The van der Waals surface area contributed by atoms with Crippen LogP contribution in [0.1, 0.15) is 45.4 Å². The predicted molar refractivity (Wildman–Crippen MR) is 79.9 cm³/mol. The molecule has 2 N–H and O–H groups in total. The van der Waals surface area contributed by atoms with E-state index in [4.69, 9.17) is 4.74 Å². The van der Waals surface area contributed by atoms with E-state index in [0.29, 0.717) is 5.92 Å². The number of rotatable bonds is 9. The van der Waals surface area contributed by atoms with Crippen molar-refractivity contribution in [1.82, 2.24) is 9.97 Å². The van der Waals surface area contributed by atoms with Crippen LogP contribution >= 0.6 is 0 Å². The van der Waals surface area contributed by atoms with Crippen LogP contribution in [0.4, 0.5) is 11.6 Å². The first-order valence-electron chi connectivity index (χ1n) is 7.03. The number of anilines is 2. The van der Waals surface area contributed by atoms with Gasteiger partial charge in [-0.25, -0.2) is 9.97 Å². The molecule has 1 heterocycles. The van der Waals surface area contributed by atoms with Crippen molar-refractivity contribution >= 4 is 11.6 Å². The van der Waals surface area contributed by atoms with Crippen LogP contribution in [0.25, 0.3) is 0 Å². The van der Waals surface area contributed by atoms with Crippen LogP contribution in [0.2, 0.25) is 0 Å². The summed E-state index contributed by atoms with van der Waals surface area (Å²) in [5, 5.41) is 6.64. The van der Waals surface area contributed by atoms with Gasteiger partial charge in [-0.3, -0.25) is 0 Å². The van der Waals surface area contributed by atoms with Crippen molar-refractivity contribution in [2.24, 2.45) is 0 Å². The Labute approximate surface area is 116 Å². The van der Waals surface area contributed by atoms with Crippen LogP contribution in [0.5, 0.6) is 0 Å². The Morgan fingerprint density at radius 2 is 1.79 bits per heavy atom. The molecular weight excluding hydrogens is 240 g/mol. The molecule has 0 aliphatic heterocycles. The molecule has 5 nitrogen and oxygen atoms in total. The fourth-order valence-electron chi connectivity index (χ4n) is 1.59. The molecule has 0 unspecified atom stereocenters. The number of hydrogen-bond acceptors (Lipinski definition) is 5. The molecule has 0 aliphatic carbocycles. The second kappa shape index (κ2) is 8.69. The van der Waals surface area contributed by atoms with Gasteiger partial charge in [-0.2, -0.15) is 0 Å². The summed E-state index contributed by atoms with van der Waals surface area (Å²) in [5.41, 5.74) is 0. The lowest BCUT2D eigenvalue weighted by Crippen LogP contribution is -2.11. The minimum absolute atomic E-state index is 0.322. The molecule has 0 saturated heterocycles. The number of nitrogens with one attached hydrogen (secondary N) is 2. The van der Waals surface area contributed by atoms with E-state index in [2.05, 4.69) is 41.4 Å². The third-order valence-electron chi connectivity index (χ3n) is 2.65. The Morgan fingerprint density at radius 3 is 2.32 bits per heavy atom. The highest BCUT2D eigenvalue weighted by Gasteiger charge is 2.07. The Morgan fingerprint density at radius 1 is 1.16 bits per heavy atom. The van der Waals surface area contributed by atoms with E-state index in [1.165, 1.54) is 0 Å². The molecule has 1 aromatic rings. The van der Waals surface area contributed by atoms with Crippen molar-refractivity contribution in [2.45, 2.75) is 39.5 Å². The van der Waals surface area contributed by atoms with E-state index in [1.807, 2.05) is 6.07 Å². The number of aromatic nitrogens is 2. The zero-order valence-electron chi connectivity index (χ0n) is 12.5. The Hall–Kier alpha value is -1.36. The van der Waals surface area contributed by atoms with Gasteiger partial charge in [0.25, 0.3) is 0 Å². The van der Waals surface area contributed by atoms with Crippen molar-refractivity contribution < 1.29 is 4.74 Å². The summed E-state index contributed by atoms with van der Waals surface area (Å²) in [6.07, 6.45) is 2.05. The topological polar surface area (TPSA) is 59.1 Å². The maximum atomic E-state index is 5.03. The fourth-order valence-corrected chi connectivity index (χ4v) is 1.59. The average Bonchev–Trinajstić information content (AvgIpc) is 2.41. The lowest BCUT2D eigenvalue weighted by atomic mass is 10.2. The molecule has 0 spiro atoms. The zero-order chi connectivity index (χ0) is 14.1. The first kappa shape index (κ1) is 15.7. The van der Waals surface area contributed by atoms with Crippen molar-refractivity contribution in [1.29, 1.82) is 0 Å². The Kier molecular flexibility index (Phi) is 7.18. The summed E-state index contributed by atoms with van der Waals surface area (Å²) >= 11 is 0. The SMILES string of the molecule is CCCNc1cc(NCCCOC)nc(C(C)C)n1. The second-order valence-electron chi connectivity index (χ2n) is 4.85. The smallest absolute Gasteiger partial charge is 0.135 e. The van der Waals surface area contributed by atoms with E-state index >= 15 is 0 Å². The van der Waals surface area contributed by atoms with Gasteiger partial charge in [0.15, 0.2) is 0 Å². The van der Waals surface area contributed by atoms with Crippen LogP contribution in [0, 0.1) is 0 Å². The molecule has 0 bridgehead atoms. The molecule has 108 valence electrons. The maximum Gasteiger partial charge on any atom is 0.135 e. The van der Waals surface area contributed by atoms with E-state index in [0.717, 1.165) is 50.0 Å². The second-order valence-corrected chi connectivity index (χ2v) is 4.85. The standard InChI is InChI=1S/C14H26N4O/c1-5-7-15-12-10-13(16-8-6-9-19-4)18-14(17-12)11(2)3/h10-11H,5-9H2,1-4H3,(H2,15,16,17,18). The molecule has 1 aromatic heterocycles. The van der Waals surface area contributed by atoms with Gasteiger partial charge in [0, 0.05) is 38.8 Å². The van der Waals surface area contributed by atoms with Crippen LogP contribution in [-0.4, -0.2) is 36.8 Å². The first-order chi connectivity index (χ1) is 9.17. The molecule has 0 fully saturated rings. The van der Waals surface area contributed by atoms with Crippen LogP contribution in [0.3, 0.4) is 0 Å². The lowest BCUT2D eigenvalue weighted by molar-refractivity contribution is 0.197. The minimum atomic E-state index is 0.322. The van der Waals surface area contributed by atoms with Crippen LogP contribution < -0.4 is 10.6 Å². The largest absolute Gasteiger partial charge is 0.385 e. The van der Waals surface area contributed by atoms with Gasteiger partial charge in [0.2, 0.25) is 0 Å². The normalized spacial score (nSPS) is 10.8. The van der Waals surface area contributed by atoms with Crippen LogP contribution in [-0.2, 0) is 4.74 Å². The molecule has 0 amide bonds. The van der Waals surface area contributed by atoms with Gasteiger partial charge in [-0.05, 0) is 12.8 Å².